The molecule has 2 N–H and O–H groups in total. The largest absolute Gasteiger partial charge is 0.389 e. The molecular weight excluding hydrogens is 333 g/mol. The molecule has 0 aliphatic rings. The lowest BCUT2D eigenvalue weighted by molar-refractivity contribution is 0.199. The van der Waals surface area contributed by atoms with E-state index in [0.717, 1.165) is 0 Å². The van der Waals surface area contributed by atoms with Crippen LogP contribution in [-0.2, 0) is 10.0 Å². The zero-order chi connectivity index (χ0) is 15.6. The Hall–Kier alpha value is -1.27. The van der Waals surface area contributed by atoms with Crippen LogP contribution in [0.3, 0.4) is 0 Å². The number of sulfonamides is 1. The van der Waals surface area contributed by atoms with Crippen molar-refractivity contribution in [2.75, 3.05) is 4.72 Å². The number of halogens is 2. The molecule has 2 aromatic rings. The topological polar surface area (TPSA) is 66.4 Å². The van der Waals surface area contributed by atoms with Crippen molar-refractivity contribution in [3.05, 3.63) is 58.1 Å². The molecule has 0 radical (unpaired) electrons. The molecule has 0 aliphatic carbocycles. The summed E-state index contributed by atoms with van der Waals surface area (Å²) < 4.78 is 26.9. The smallest absolute Gasteiger partial charge is 0.261 e. The summed E-state index contributed by atoms with van der Waals surface area (Å²) in [6.45, 7) is 1.61. The molecule has 2 aromatic carbocycles. The predicted molar refractivity (Wildman–Crippen MR) is 84.3 cm³/mol. The van der Waals surface area contributed by atoms with Crippen LogP contribution in [0.1, 0.15) is 18.6 Å². The maximum Gasteiger partial charge on any atom is 0.261 e. The van der Waals surface area contributed by atoms with Crippen molar-refractivity contribution >= 4 is 38.9 Å². The second-order valence-electron chi connectivity index (χ2n) is 4.51. The number of aliphatic hydroxyl groups is 1. The summed E-state index contributed by atoms with van der Waals surface area (Å²) in [6.07, 6.45) is -0.651. The molecule has 0 heterocycles. The Kier molecular flexibility index (Phi) is 4.78. The highest BCUT2D eigenvalue weighted by Crippen LogP contribution is 2.25. The van der Waals surface area contributed by atoms with Crippen LogP contribution in [0.15, 0.2) is 47.4 Å². The van der Waals surface area contributed by atoms with Crippen LogP contribution in [0.4, 0.5) is 5.69 Å². The van der Waals surface area contributed by atoms with Crippen molar-refractivity contribution in [1.29, 1.82) is 0 Å². The van der Waals surface area contributed by atoms with Crippen LogP contribution < -0.4 is 4.72 Å². The third kappa shape index (κ3) is 4.11. The summed E-state index contributed by atoms with van der Waals surface area (Å²) in [6, 6.07) is 10.4. The quantitative estimate of drug-likeness (QED) is 0.884. The molecule has 4 nitrogen and oxygen atoms in total. The highest BCUT2D eigenvalue weighted by atomic mass is 35.5. The van der Waals surface area contributed by atoms with E-state index in [4.69, 9.17) is 23.2 Å². The Balaban J connectivity index is 2.29. The highest BCUT2D eigenvalue weighted by Gasteiger charge is 2.15. The molecule has 21 heavy (non-hydrogen) atoms. The SMILES string of the molecule is CC(O)c1ccc(S(=O)(=O)Nc2cc(Cl)cc(Cl)c2)cc1. The summed E-state index contributed by atoms with van der Waals surface area (Å²) in [5.74, 6) is 0. The molecule has 112 valence electrons. The van der Waals surface area contributed by atoms with Gasteiger partial charge in [-0.1, -0.05) is 35.3 Å². The van der Waals surface area contributed by atoms with Gasteiger partial charge in [0.25, 0.3) is 10.0 Å². The molecule has 0 amide bonds. The molecule has 0 spiro atoms. The average molecular weight is 346 g/mol. The molecule has 0 saturated heterocycles. The fourth-order valence-electron chi connectivity index (χ4n) is 1.75. The van der Waals surface area contributed by atoms with Gasteiger partial charge in [-0.15, -0.1) is 0 Å². The number of aliphatic hydroxyl groups excluding tert-OH is 1. The number of hydrogen-bond acceptors (Lipinski definition) is 3. The molecule has 0 bridgehead atoms. The number of nitrogens with one attached hydrogen (secondary N) is 1. The monoisotopic (exact) mass is 345 g/mol. The van der Waals surface area contributed by atoms with E-state index in [9.17, 15) is 13.5 Å². The van der Waals surface area contributed by atoms with Crippen molar-refractivity contribution in [1.82, 2.24) is 0 Å². The summed E-state index contributed by atoms with van der Waals surface area (Å²) >= 11 is 11.7. The van der Waals surface area contributed by atoms with E-state index in [-0.39, 0.29) is 10.6 Å². The third-order valence-corrected chi connectivity index (χ3v) is 4.62. The number of benzene rings is 2. The van der Waals surface area contributed by atoms with Crippen LogP contribution in [-0.4, -0.2) is 13.5 Å². The first-order chi connectivity index (χ1) is 9.78. The molecular formula is C14H13Cl2NO3S. The lowest BCUT2D eigenvalue weighted by Gasteiger charge is -2.10. The van der Waals surface area contributed by atoms with Crippen molar-refractivity contribution in [3.63, 3.8) is 0 Å². The minimum Gasteiger partial charge on any atom is -0.389 e. The minimum atomic E-state index is -3.74. The van der Waals surface area contributed by atoms with Gasteiger partial charge in [0.1, 0.15) is 0 Å². The molecule has 7 heteroatoms. The normalized spacial score (nSPS) is 13.0. The van der Waals surface area contributed by atoms with E-state index in [0.29, 0.717) is 15.6 Å². The Labute approximate surface area is 133 Å². The molecule has 0 saturated carbocycles. The number of hydrogen-bond donors (Lipinski definition) is 2. The fourth-order valence-corrected chi connectivity index (χ4v) is 3.32. The van der Waals surface area contributed by atoms with Gasteiger partial charge in [0, 0.05) is 10.0 Å². The Morgan fingerprint density at radius 1 is 1.05 bits per heavy atom. The maximum atomic E-state index is 12.2. The summed E-state index contributed by atoms with van der Waals surface area (Å²) in [7, 11) is -3.74. The van der Waals surface area contributed by atoms with E-state index in [1.54, 1.807) is 19.1 Å². The first-order valence-corrected chi connectivity index (χ1v) is 8.29. The van der Waals surface area contributed by atoms with Gasteiger partial charge in [-0.05, 0) is 42.8 Å². The van der Waals surface area contributed by atoms with E-state index in [1.807, 2.05) is 0 Å². The van der Waals surface area contributed by atoms with Crippen molar-refractivity contribution in [2.45, 2.75) is 17.9 Å². The maximum absolute atomic E-state index is 12.2. The van der Waals surface area contributed by atoms with Gasteiger partial charge in [0.2, 0.25) is 0 Å². The van der Waals surface area contributed by atoms with Gasteiger partial charge in [-0.3, -0.25) is 4.72 Å². The van der Waals surface area contributed by atoms with Gasteiger partial charge < -0.3 is 5.11 Å². The molecule has 0 aliphatic heterocycles. The number of rotatable bonds is 4. The minimum absolute atomic E-state index is 0.0861. The van der Waals surface area contributed by atoms with Gasteiger partial charge in [0.05, 0.1) is 16.7 Å². The van der Waals surface area contributed by atoms with E-state index in [2.05, 4.69) is 4.72 Å². The Morgan fingerprint density at radius 2 is 1.57 bits per heavy atom. The van der Waals surface area contributed by atoms with Crippen LogP contribution in [0.5, 0.6) is 0 Å². The van der Waals surface area contributed by atoms with Crippen molar-refractivity contribution in [2.24, 2.45) is 0 Å². The molecule has 1 unspecified atom stereocenters. The molecule has 1 atom stereocenters. The van der Waals surface area contributed by atoms with Gasteiger partial charge in [-0.2, -0.15) is 0 Å². The molecule has 0 fully saturated rings. The van der Waals surface area contributed by atoms with Gasteiger partial charge >= 0.3 is 0 Å². The fraction of sp³-hybridized carbons (Fsp3) is 0.143. The highest BCUT2D eigenvalue weighted by molar-refractivity contribution is 7.92. The Bertz CT molecular complexity index is 723. The first kappa shape index (κ1) is 16.1. The standard InChI is InChI=1S/C14H13Cl2NO3S/c1-9(18)10-2-4-14(5-3-10)21(19,20)17-13-7-11(15)6-12(16)8-13/h2-9,17-18H,1H3. The van der Waals surface area contributed by atoms with E-state index < -0.39 is 16.1 Å². The van der Waals surface area contributed by atoms with Crippen LogP contribution in [0, 0.1) is 0 Å². The Morgan fingerprint density at radius 3 is 2.05 bits per heavy atom. The summed E-state index contributed by atoms with van der Waals surface area (Å²) in [5, 5.41) is 10.1. The number of anilines is 1. The van der Waals surface area contributed by atoms with Crippen LogP contribution >= 0.6 is 23.2 Å². The molecule has 2 rings (SSSR count). The van der Waals surface area contributed by atoms with E-state index in [1.165, 1.54) is 30.3 Å². The zero-order valence-electron chi connectivity index (χ0n) is 11.0. The lowest BCUT2D eigenvalue weighted by atomic mass is 10.1. The van der Waals surface area contributed by atoms with Gasteiger partial charge in [-0.25, -0.2) is 8.42 Å². The second kappa shape index (κ2) is 6.23. The third-order valence-electron chi connectivity index (χ3n) is 2.79. The van der Waals surface area contributed by atoms with E-state index >= 15 is 0 Å². The zero-order valence-corrected chi connectivity index (χ0v) is 13.4. The van der Waals surface area contributed by atoms with Gasteiger partial charge in [0.15, 0.2) is 0 Å². The van der Waals surface area contributed by atoms with Crippen molar-refractivity contribution in [3.8, 4) is 0 Å². The van der Waals surface area contributed by atoms with Crippen LogP contribution in [0.25, 0.3) is 0 Å². The lowest BCUT2D eigenvalue weighted by Crippen LogP contribution is -2.13. The summed E-state index contributed by atoms with van der Waals surface area (Å²) in [4.78, 5) is 0.0861. The summed E-state index contributed by atoms with van der Waals surface area (Å²) in [5.41, 5.74) is 0.923. The van der Waals surface area contributed by atoms with Crippen LogP contribution in [0.2, 0.25) is 10.0 Å². The first-order valence-electron chi connectivity index (χ1n) is 6.05. The average Bonchev–Trinajstić information content (AvgIpc) is 2.37. The predicted octanol–water partition coefficient (Wildman–Crippen LogP) is 3.85. The molecule has 0 aromatic heterocycles. The van der Waals surface area contributed by atoms with Crippen molar-refractivity contribution < 1.29 is 13.5 Å². The second-order valence-corrected chi connectivity index (χ2v) is 7.06.